The van der Waals surface area contributed by atoms with Crippen LogP contribution < -0.4 is 10.7 Å². The number of amides is 1. The van der Waals surface area contributed by atoms with Gasteiger partial charge in [-0.2, -0.15) is 0 Å². The molecule has 0 saturated carbocycles. The highest BCUT2D eigenvalue weighted by molar-refractivity contribution is 5.94. The zero-order chi connectivity index (χ0) is 18.5. The quantitative estimate of drug-likeness (QED) is 0.525. The lowest BCUT2D eigenvalue weighted by Crippen LogP contribution is -2.26. The monoisotopic (exact) mass is 350 g/mol. The van der Waals surface area contributed by atoms with Gasteiger partial charge in [-0.1, -0.05) is 12.1 Å². The van der Waals surface area contributed by atoms with E-state index in [0.717, 1.165) is 16.9 Å². The number of benzene rings is 1. The van der Waals surface area contributed by atoms with Crippen molar-refractivity contribution in [3.63, 3.8) is 0 Å². The maximum Gasteiger partial charge on any atom is 0.309 e. The van der Waals surface area contributed by atoms with E-state index in [1.54, 1.807) is 12.1 Å². The van der Waals surface area contributed by atoms with Crippen molar-refractivity contribution in [2.75, 3.05) is 12.0 Å². The molecule has 0 bridgehead atoms. The van der Waals surface area contributed by atoms with Crippen molar-refractivity contribution in [3.05, 3.63) is 59.1 Å². The number of hydrogen-bond donors (Lipinski definition) is 2. The van der Waals surface area contributed by atoms with Gasteiger partial charge in [0, 0.05) is 30.6 Å². The van der Waals surface area contributed by atoms with Crippen molar-refractivity contribution < 1.29 is 4.79 Å². The average Bonchev–Trinajstić information content (AvgIpc) is 3.01. The van der Waals surface area contributed by atoms with Crippen LogP contribution in [0.1, 0.15) is 36.1 Å². The van der Waals surface area contributed by atoms with Gasteiger partial charge in [-0.3, -0.25) is 4.79 Å². The van der Waals surface area contributed by atoms with Crippen LogP contribution in [-0.4, -0.2) is 27.0 Å². The number of aromatic nitrogens is 3. The molecule has 8 nitrogen and oxygen atoms in total. The molecule has 0 aliphatic rings. The summed E-state index contributed by atoms with van der Waals surface area (Å²) in [5.74, 6) is 1.09. The highest BCUT2D eigenvalue weighted by Crippen LogP contribution is 2.21. The highest BCUT2D eigenvalue weighted by Gasteiger charge is 2.13. The van der Waals surface area contributed by atoms with Crippen LogP contribution in [0.5, 0.6) is 0 Å². The highest BCUT2D eigenvalue weighted by atomic mass is 16.1. The summed E-state index contributed by atoms with van der Waals surface area (Å²) in [7, 11) is 0. The number of rotatable bonds is 6. The fraction of sp³-hybridized carbons (Fsp3) is 0.278. The molecular weight excluding hydrogens is 330 g/mol. The molecule has 2 aromatic heterocycles. The lowest BCUT2D eigenvalue weighted by atomic mass is 10.2. The first-order chi connectivity index (χ1) is 12.6. The second kappa shape index (κ2) is 7.61. The lowest BCUT2D eigenvalue weighted by molar-refractivity contribution is 0.0953. The normalized spacial score (nSPS) is 10.7. The molecule has 132 valence electrons. The van der Waals surface area contributed by atoms with E-state index in [1.807, 2.05) is 18.2 Å². The number of diazo groups is 1. The summed E-state index contributed by atoms with van der Waals surface area (Å²) in [6.07, 6.45) is 2.06. The van der Waals surface area contributed by atoms with Crippen LogP contribution in [0.4, 0.5) is 5.82 Å². The zero-order valence-corrected chi connectivity index (χ0v) is 14.7. The van der Waals surface area contributed by atoms with E-state index in [1.165, 1.54) is 6.20 Å². The van der Waals surface area contributed by atoms with Gasteiger partial charge in [0.2, 0.25) is 5.82 Å². The van der Waals surface area contributed by atoms with Crippen molar-refractivity contribution in [3.8, 4) is 0 Å². The fourth-order valence-electron chi connectivity index (χ4n) is 2.88. The summed E-state index contributed by atoms with van der Waals surface area (Å²) in [6, 6.07) is 11.5. The molecule has 1 aromatic carbocycles. The molecular formula is C18H20N7O+. The van der Waals surface area contributed by atoms with Crippen molar-refractivity contribution in [2.24, 2.45) is 0 Å². The molecule has 0 saturated heterocycles. The minimum atomic E-state index is -0.211. The van der Waals surface area contributed by atoms with Crippen molar-refractivity contribution in [1.29, 1.82) is 5.39 Å². The molecule has 3 aromatic rings. The predicted octanol–water partition coefficient (Wildman–Crippen LogP) is 3.16. The Morgan fingerprint density at radius 1 is 1.27 bits per heavy atom. The maximum atomic E-state index is 12.2. The Morgan fingerprint density at radius 2 is 2.08 bits per heavy atom. The van der Waals surface area contributed by atoms with Crippen LogP contribution in [0.2, 0.25) is 0 Å². The number of nitrogens with zero attached hydrogens (tertiary/aromatic N) is 5. The Balaban J connectivity index is 1.66. The number of para-hydroxylation sites is 2. The minimum absolute atomic E-state index is 0.211. The zero-order valence-electron chi connectivity index (χ0n) is 14.7. The van der Waals surface area contributed by atoms with Crippen LogP contribution >= 0.6 is 0 Å². The third kappa shape index (κ3) is 3.62. The van der Waals surface area contributed by atoms with Crippen LogP contribution in [0.15, 0.2) is 42.6 Å². The second-order valence-corrected chi connectivity index (χ2v) is 6.13. The number of nitrogens with one attached hydrogen (secondary N) is 2. The standard InChI is InChI=1S/C18H19N7O/c1-12(2)25-15-6-4-3-5-14(15)22-17(25)9-10-20-18(26)13-7-8-16(21-11-13)23-24-19/h3-8,11-12H,9-10H2,1-2H3,(H-,20,21,23,26)/p+1. The van der Waals surface area contributed by atoms with Gasteiger partial charge >= 0.3 is 5.08 Å². The first kappa shape index (κ1) is 17.4. The predicted molar refractivity (Wildman–Crippen MR) is 99.1 cm³/mol. The maximum absolute atomic E-state index is 12.2. The molecule has 0 aliphatic heterocycles. The molecule has 0 fully saturated rings. The summed E-state index contributed by atoms with van der Waals surface area (Å²) in [5.41, 5.74) is 4.79. The number of hydrogen-bond acceptors (Lipinski definition) is 5. The molecule has 26 heavy (non-hydrogen) atoms. The number of carbonyl (C=O) groups is 1. The van der Waals surface area contributed by atoms with E-state index in [2.05, 4.69) is 45.3 Å². The first-order valence-electron chi connectivity index (χ1n) is 8.40. The molecule has 2 heterocycles. The smallest absolute Gasteiger partial charge is 0.309 e. The second-order valence-electron chi connectivity index (χ2n) is 6.13. The third-order valence-electron chi connectivity index (χ3n) is 4.01. The van der Waals surface area contributed by atoms with Crippen molar-refractivity contribution in [2.45, 2.75) is 26.3 Å². The number of anilines is 1. The van der Waals surface area contributed by atoms with Crippen molar-refractivity contribution in [1.82, 2.24) is 19.9 Å². The van der Waals surface area contributed by atoms with Crippen molar-refractivity contribution >= 4 is 22.8 Å². The van der Waals surface area contributed by atoms with E-state index < -0.39 is 0 Å². The SMILES string of the molecule is CC(C)n1c(CCNC(=O)c2ccc(N[N+]#N)nc2)nc2ccccc21. The van der Waals surface area contributed by atoms with Crippen LogP contribution in [-0.2, 0) is 6.42 Å². The molecule has 0 unspecified atom stereocenters. The largest absolute Gasteiger partial charge is 0.352 e. The first-order valence-corrected chi connectivity index (χ1v) is 8.40. The Bertz CT molecular complexity index is 954. The van der Waals surface area contributed by atoms with Gasteiger partial charge in [-0.25, -0.2) is 9.97 Å². The van der Waals surface area contributed by atoms with E-state index in [-0.39, 0.29) is 11.9 Å². The molecule has 3 rings (SSSR count). The van der Waals surface area contributed by atoms with Gasteiger partial charge < -0.3 is 9.88 Å². The molecule has 2 N–H and O–H groups in total. The molecule has 0 spiro atoms. The number of pyridine rings is 1. The summed E-state index contributed by atoms with van der Waals surface area (Å²) in [6.45, 7) is 4.72. The Kier molecular flexibility index (Phi) is 5.08. The van der Waals surface area contributed by atoms with Crippen LogP contribution in [0.25, 0.3) is 16.1 Å². The van der Waals surface area contributed by atoms with Crippen LogP contribution in [0.3, 0.4) is 0 Å². The van der Waals surface area contributed by atoms with Gasteiger partial charge in [0.05, 0.1) is 16.6 Å². The summed E-state index contributed by atoms with van der Waals surface area (Å²) in [4.78, 5) is 20.9. The summed E-state index contributed by atoms with van der Waals surface area (Å²) < 4.78 is 2.20. The average molecular weight is 350 g/mol. The fourth-order valence-corrected chi connectivity index (χ4v) is 2.88. The molecule has 8 heteroatoms. The Morgan fingerprint density at radius 3 is 2.77 bits per heavy atom. The van der Waals surface area contributed by atoms with E-state index >= 15 is 0 Å². The summed E-state index contributed by atoms with van der Waals surface area (Å²) >= 11 is 0. The van der Waals surface area contributed by atoms with Gasteiger partial charge in [0.15, 0.2) is 0 Å². The third-order valence-corrected chi connectivity index (χ3v) is 4.01. The van der Waals surface area contributed by atoms with E-state index in [4.69, 9.17) is 10.4 Å². The van der Waals surface area contributed by atoms with E-state index in [0.29, 0.717) is 24.3 Å². The number of carbonyl (C=O) groups excluding carboxylic acids is 1. The molecule has 0 atom stereocenters. The minimum Gasteiger partial charge on any atom is -0.352 e. The van der Waals surface area contributed by atoms with Gasteiger partial charge in [0.1, 0.15) is 5.82 Å². The van der Waals surface area contributed by atoms with Gasteiger partial charge in [-0.15, -0.1) is 0 Å². The Hall–Kier alpha value is -3.47. The number of fused-ring (bicyclic) bond motifs is 1. The molecule has 1 amide bonds. The van der Waals surface area contributed by atoms with E-state index in [9.17, 15) is 4.79 Å². The summed E-state index contributed by atoms with van der Waals surface area (Å²) in [5, 5.41) is 14.1. The molecule has 0 aliphatic carbocycles. The Labute approximate surface area is 150 Å². The van der Waals surface area contributed by atoms with Gasteiger partial charge in [0.25, 0.3) is 11.3 Å². The lowest BCUT2D eigenvalue weighted by Gasteiger charge is -2.13. The number of imidazole rings is 1. The van der Waals surface area contributed by atoms with Gasteiger partial charge in [-0.05, 0) is 38.1 Å². The van der Waals surface area contributed by atoms with Crippen LogP contribution in [0, 0.1) is 5.39 Å². The molecule has 0 radical (unpaired) electrons. The topological polar surface area (TPSA) is 100.0 Å².